The number of hydrogen-bond donors (Lipinski definition) is 1. The summed E-state index contributed by atoms with van der Waals surface area (Å²) in [6, 6.07) is 17.8. The van der Waals surface area contributed by atoms with E-state index in [0.717, 1.165) is 22.1 Å². The zero-order valence-corrected chi connectivity index (χ0v) is 17.5. The average molecular weight is 421 g/mol. The summed E-state index contributed by atoms with van der Waals surface area (Å²) in [5.41, 5.74) is 0.971. The number of benzene rings is 3. The number of amides is 2. The van der Waals surface area contributed by atoms with E-state index in [1.165, 1.54) is 13.2 Å². The Kier molecular flexibility index (Phi) is 6.87. The van der Waals surface area contributed by atoms with Gasteiger partial charge in [0.2, 0.25) is 0 Å². The van der Waals surface area contributed by atoms with Crippen molar-refractivity contribution < 1.29 is 28.6 Å². The van der Waals surface area contributed by atoms with Crippen LogP contribution in [0, 0.1) is 0 Å². The molecule has 0 bridgehead atoms. The molecule has 0 heterocycles. The average Bonchev–Trinajstić information content (AvgIpc) is 2.81. The molecule has 7 nitrogen and oxygen atoms in total. The Morgan fingerprint density at radius 1 is 0.903 bits per heavy atom. The van der Waals surface area contributed by atoms with Gasteiger partial charge in [-0.15, -0.1) is 0 Å². The van der Waals surface area contributed by atoms with E-state index in [1.54, 1.807) is 32.2 Å². The van der Waals surface area contributed by atoms with Gasteiger partial charge in [0, 0.05) is 0 Å². The highest BCUT2D eigenvalue weighted by Gasteiger charge is 2.20. The van der Waals surface area contributed by atoms with Gasteiger partial charge in [-0.3, -0.25) is 19.7 Å². The maximum Gasteiger partial charge on any atom is 0.313 e. The second-order valence-corrected chi connectivity index (χ2v) is 6.88. The van der Waals surface area contributed by atoms with Crippen LogP contribution in [0.1, 0.15) is 28.8 Å². The number of carbonyl (C=O) groups is 3. The van der Waals surface area contributed by atoms with Gasteiger partial charge in [0.25, 0.3) is 11.8 Å². The van der Waals surface area contributed by atoms with Crippen LogP contribution in [0.3, 0.4) is 0 Å². The molecule has 0 saturated heterocycles. The number of methoxy groups -OCH3 is 2. The van der Waals surface area contributed by atoms with Gasteiger partial charge in [0.1, 0.15) is 11.5 Å². The van der Waals surface area contributed by atoms with Crippen LogP contribution in [0.4, 0.5) is 0 Å². The quantitative estimate of drug-likeness (QED) is 0.588. The molecule has 0 spiro atoms. The Hall–Kier alpha value is -3.87. The number of fused-ring (bicyclic) bond motifs is 1. The molecule has 0 aliphatic carbocycles. The second kappa shape index (κ2) is 9.75. The molecule has 1 N–H and O–H groups in total. The highest BCUT2D eigenvalue weighted by atomic mass is 16.5. The number of nitrogens with one attached hydrogen (secondary N) is 1. The fourth-order valence-corrected chi connectivity index (χ4v) is 3.10. The van der Waals surface area contributed by atoms with Crippen molar-refractivity contribution in [3.05, 3.63) is 71.8 Å². The van der Waals surface area contributed by atoms with E-state index in [9.17, 15) is 14.4 Å². The first kappa shape index (κ1) is 21.8. The minimum atomic E-state index is -0.720. The largest absolute Gasteiger partial charge is 0.497 e. The van der Waals surface area contributed by atoms with E-state index < -0.39 is 30.3 Å². The summed E-state index contributed by atoms with van der Waals surface area (Å²) in [6.07, 6.45) is 0. The summed E-state index contributed by atoms with van der Waals surface area (Å²) >= 11 is 0. The first-order chi connectivity index (χ1) is 14.9. The summed E-state index contributed by atoms with van der Waals surface area (Å²) in [6.45, 7) is 1.14. The van der Waals surface area contributed by atoms with Crippen LogP contribution in [-0.2, 0) is 14.3 Å². The molecule has 3 aromatic carbocycles. The maximum absolute atomic E-state index is 12.4. The lowest BCUT2D eigenvalue weighted by molar-refractivity contribution is -0.149. The van der Waals surface area contributed by atoms with Crippen molar-refractivity contribution >= 4 is 28.6 Å². The van der Waals surface area contributed by atoms with Crippen LogP contribution in [0.5, 0.6) is 11.5 Å². The first-order valence-corrected chi connectivity index (χ1v) is 9.64. The van der Waals surface area contributed by atoms with E-state index in [1.807, 2.05) is 36.4 Å². The SMILES string of the molecule is COc1ccc2cc([C@H](C)C(=O)OCC(=O)NC(=O)c3ccccc3OC)ccc2c1. The Bertz CT molecular complexity index is 1120. The lowest BCUT2D eigenvalue weighted by atomic mass is 9.98. The Balaban J connectivity index is 1.59. The lowest BCUT2D eigenvalue weighted by Gasteiger charge is -2.13. The Morgan fingerprint density at radius 3 is 2.35 bits per heavy atom. The molecular formula is C24H23NO6. The summed E-state index contributed by atoms with van der Waals surface area (Å²) in [4.78, 5) is 36.7. The van der Waals surface area contributed by atoms with Gasteiger partial charge in [-0.1, -0.05) is 36.4 Å². The third-order valence-corrected chi connectivity index (χ3v) is 4.88. The van der Waals surface area contributed by atoms with E-state index in [0.29, 0.717) is 5.75 Å². The molecule has 0 aromatic heterocycles. The molecule has 160 valence electrons. The van der Waals surface area contributed by atoms with Crippen molar-refractivity contribution in [3.8, 4) is 11.5 Å². The minimum absolute atomic E-state index is 0.214. The van der Waals surface area contributed by atoms with Gasteiger partial charge in [-0.2, -0.15) is 0 Å². The smallest absolute Gasteiger partial charge is 0.313 e. The highest BCUT2D eigenvalue weighted by Crippen LogP contribution is 2.25. The van der Waals surface area contributed by atoms with Gasteiger partial charge in [0.15, 0.2) is 6.61 Å². The van der Waals surface area contributed by atoms with Crippen molar-refractivity contribution in [1.29, 1.82) is 0 Å². The predicted octanol–water partition coefficient (Wildman–Crippen LogP) is 3.46. The first-order valence-electron chi connectivity index (χ1n) is 9.64. The van der Waals surface area contributed by atoms with Gasteiger partial charge in [-0.25, -0.2) is 0 Å². The van der Waals surface area contributed by atoms with Gasteiger partial charge in [0.05, 0.1) is 25.7 Å². The third kappa shape index (κ3) is 5.19. The zero-order chi connectivity index (χ0) is 22.4. The number of hydrogen-bond acceptors (Lipinski definition) is 6. The topological polar surface area (TPSA) is 90.9 Å². The third-order valence-electron chi connectivity index (χ3n) is 4.88. The lowest BCUT2D eigenvalue weighted by Crippen LogP contribution is -2.34. The molecule has 0 saturated carbocycles. The molecule has 3 aromatic rings. The van der Waals surface area contributed by atoms with Crippen molar-refractivity contribution in [2.75, 3.05) is 20.8 Å². The van der Waals surface area contributed by atoms with Gasteiger partial charge >= 0.3 is 5.97 Å². The molecule has 2 amide bonds. The number of imide groups is 1. The van der Waals surface area contributed by atoms with E-state index in [2.05, 4.69) is 5.32 Å². The minimum Gasteiger partial charge on any atom is -0.497 e. The number of rotatable bonds is 7. The molecule has 0 aliphatic rings. The van der Waals surface area contributed by atoms with Crippen molar-refractivity contribution in [1.82, 2.24) is 5.32 Å². The number of para-hydroxylation sites is 1. The molecule has 7 heteroatoms. The predicted molar refractivity (Wildman–Crippen MR) is 115 cm³/mol. The molecule has 0 aliphatic heterocycles. The van der Waals surface area contributed by atoms with Crippen LogP contribution in [0.25, 0.3) is 10.8 Å². The van der Waals surface area contributed by atoms with Crippen LogP contribution < -0.4 is 14.8 Å². The standard InChI is InChI=1S/C24H23NO6/c1-15(16-8-9-18-13-19(29-2)11-10-17(18)12-16)24(28)31-14-22(26)25-23(27)20-6-4-5-7-21(20)30-3/h4-13,15H,14H2,1-3H3,(H,25,26,27)/t15-/m0/s1. The van der Waals surface area contributed by atoms with Crippen LogP contribution in [0.15, 0.2) is 60.7 Å². The normalized spacial score (nSPS) is 11.5. The molecular weight excluding hydrogens is 398 g/mol. The van der Waals surface area contributed by atoms with Gasteiger partial charge < -0.3 is 14.2 Å². The van der Waals surface area contributed by atoms with E-state index in [4.69, 9.17) is 14.2 Å². The molecule has 0 radical (unpaired) electrons. The second-order valence-electron chi connectivity index (χ2n) is 6.88. The van der Waals surface area contributed by atoms with Crippen molar-refractivity contribution in [2.45, 2.75) is 12.8 Å². The Morgan fingerprint density at radius 2 is 1.61 bits per heavy atom. The summed E-state index contributed by atoms with van der Waals surface area (Å²) in [5.74, 6) is -1.40. The van der Waals surface area contributed by atoms with Crippen molar-refractivity contribution in [3.63, 3.8) is 0 Å². The number of esters is 1. The molecule has 0 fully saturated rings. The fourth-order valence-electron chi connectivity index (χ4n) is 3.10. The van der Waals surface area contributed by atoms with E-state index in [-0.39, 0.29) is 5.56 Å². The van der Waals surface area contributed by atoms with Crippen LogP contribution in [0.2, 0.25) is 0 Å². The van der Waals surface area contributed by atoms with Crippen LogP contribution in [-0.4, -0.2) is 38.6 Å². The van der Waals surface area contributed by atoms with Crippen molar-refractivity contribution in [2.24, 2.45) is 0 Å². The van der Waals surface area contributed by atoms with E-state index >= 15 is 0 Å². The molecule has 31 heavy (non-hydrogen) atoms. The fraction of sp³-hybridized carbons (Fsp3) is 0.208. The summed E-state index contributed by atoms with van der Waals surface area (Å²) in [7, 11) is 3.04. The summed E-state index contributed by atoms with van der Waals surface area (Å²) in [5, 5.41) is 4.13. The summed E-state index contributed by atoms with van der Waals surface area (Å²) < 4.78 is 15.4. The Labute approximate surface area is 179 Å². The zero-order valence-electron chi connectivity index (χ0n) is 17.5. The maximum atomic E-state index is 12.4. The molecule has 1 atom stereocenters. The van der Waals surface area contributed by atoms with Crippen LogP contribution >= 0.6 is 0 Å². The molecule has 3 rings (SSSR count). The van der Waals surface area contributed by atoms with Gasteiger partial charge in [-0.05, 0) is 47.5 Å². The monoisotopic (exact) mass is 421 g/mol. The number of carbonyl (C=O) groups excluding carboxylic acids is 3. The highest BCUT2D eigenvalue weighted by molar-refractivity contribution is 6.06. The number of ether oxygens (including phenoxy) is 3. The molecule has 0 unspecified atom stereocenters.